The Kier molecular flexibility index (Phi) is 19.1. The van der Waals surface area contributed by atoms with Crippen molar-refractivity contribution in [3.05, 3.63) is 89.3 Å². The molecule has 6 heteroatoms. The summed E-state index contributed by atoms with van der Waals surface area (Å²) in [5.74, 6) is 3.53. The van der Waals surface area contributed by atoms with Gasteiger partial charge in [0.2, 0.25) is 0 Å². The van der Waals surface area contributed by atoms with E-state index in [1.807, 2.05) is 39.0 Å². The fourth-order valence-electron chi connectivity index (χ4n) is 4.89. The van der Waals surface area contributed by atoms with Crippen LogP contribution in [0.1, 0.15) is 86.8 Å². The molecule has 2 aromatic carbocycles. The molecule has 0 aliphatic rings. The predicted molar refractivity (Wildman–Crippen MR) is 183 cm³/mol. The van der Waals surface area contributed by atoms with E-state index in [-0.39, 0.29) is 5.76 Å². The number of halogens is 2. The minimum atomic E-state index is -2.83. The maximum atomic E-state index is 12.9. The van der Waals surface area contributed by atoms with E-state index in [1.54, 1.807) is 20.8 Å². The minimum absolute atomic E-state index is 0.281. The maximum Gasteiger partial charge on any atom is 0.387 e. The SMILES string of the molecule is C#CC.CC.CCCCn1c(-c2ccccc2)nc(-c2ccccc2)c1CN(CCC)CC/C=C(/C)C(OC(F)F)=C(C)C. The highest BCUT2D eigenvalue weighted by molar-refractivity contribution is 5.68. The fraction of sp³-hybridized carbons (Fsp3) is 0.447. The van der Waals surface area contributed by atoms with Crippen LogP contribution in [0.25, 0.3) is 22.6 Å². The van der Waals surface area contributed by atoms with Crippen LogP contribution < -0.4 is 0 Å². The van der Waals surface area contributed by atoms with E-state index in [9.17, 15) is 8.78 Å². The summed E-state index contributed by atoms with van der Waals surface area (Å²) in [6.45, 7) is 16.1. The topological polar surface area (TPSA) is 30.3 Å². The highest BCUT2D eigenvalue weighted by atomic mass is 19.3. The zero-order chi connectivity index (χ0) is 32.9. The highest BCUT2D eigenvalue weighted by Crippen LogP contribution is 2.31. The number of unbranched alkanes of at least 4 members (excludes halogenated alkanes) is 1. The number of hydrogen-bond donors (Lipinski definition) is 0. The lowest BCUT2D eigenvalue weighted by atomic mass is 10.1. The van der Waals surface area contributed by atoms with Crippen LogP contribution in [-0.4, -0.2) is 34.2 Å². The second-order valence-electron chi connectivity index (χ2n) is 10.4. The van der Waals surface area contributed by atoms with Gasteiger partial charge in [-0.1, -0.05) is 101 Å². The zero-order valence-corrected chi connectivity index (χ0v) is 28.2. The van der Waals surface area contributed by atoms with Gasteiger partial charge in [0.05, 0.1) is 11.4 Å². The number of imidazole rings is 1. The van der Waals surface area contributed by atoms with E-state index in [4.69, 9.17) is 9.72 Å². The highest BCUT2D eigenvalue weighted by Gasteiger charge is 2.21. The lowest BCUT2D eigenvalue weighted by Gasteiger charge is -2.23. The largest absolute Gasteiger partial charge is 0.435 e. The minimum Gasteiger partial charge on any atom is -0.435 e. The Morgan fingerprint density at radius 1 is 0.955 bits per heavy atom. The molecule has 44 heavy (non-hydrogen) atoms. The summed E-state index contributed by atoms with van der Waals surface area (Å²) < 4.78 is 33.0. The Labute approximate surface area is 265 Å². The molecule has 0 amide bonds. The van der Waals surface area contributed by atoms with E-state index in [0.717, 1.165) is 85.7 Å². The molecule has 0 bridgehead atoms. The first-order valence-corrected chi connectivity index (χ1v) is 15.9. The molecule has 1 aromatic heterocycles. The number of hydrogen-bond acceptors (Lipinski definition) is 3. The van der Waals surface area contributed by atoms with Crippen LogP contribution in [0.2, 0.25) is 0 Å². The molecule has 0 fully saturated rings. The van der Waals surface area contributed by atoms with Gasteiger partial charge < -0.3 is 9.30 Å². The number of alkyl halides is 2. The number of nitrogens with zero attached hydrogens (tertiary/aromatic N) is 3. The average molecular weight is 606 g/mol. The van der Waals surface area contributed by atoms with Gasteiger partial charge in [-0.05, 0) is 64.6 Å². The van der Waals surface area contributed by atoms with Crippen molar-refractivity contribution in [2.24, 2.45) is 0 Å². The van der Waals surface area contributed by atoms with Crippen LogP contribution in [0.3, 0.4) is 0 Å². The molecule has 0 radical (unpaired) electrons. The van der Waals surface area contributed by atoms with Crippen molar-refractivity contribution in [2.75, 3.05) is 13.1 Å². The van der Waals surface area contributed by atoms with E-state index >= 15 is 0 Å². The standard InChI is InChI=1S/C33H43F2N3O.C3H4.C2H6/c1-6-8-23-38-29(24-37(21-7-2)22-15-16-26(5)31(25(3)4)39-33(34)35)30(27-17-11-9-12-18-27)36-32(38)28-19-13-10-14-20-28;1-3-2;1-2/h9-14,16-20,33H,6-8,15,21-24H2,1-5H3;1H,2H3;1-2H3/b26-16-;;. The van der Waals surface area contributed by atoms with Gasteiger partial charge in [-0.3, -0.25) is 4.90 Å². The number of terminal acetylenes is 1. The maximum absolute atomic E-state index is 12.9. The summed E-state index contributed by atoms with van der Waals surface area (Å²) in [5, 5.41) is 0. The van der Waals surface area contributed by atoms with Gasteiger partial charge >= 0.3 is 6.61 Å². The summed E-state index contributed by atoms with van der Waals surface area (Å²) in [5.41, 5.74) is 5.96. The van der Waals surface area contributed by atoms with Gasteiger partial charge in [0.25, 0.3) is 0 Å². The second kappa shape index (κ2) is 21.9. The molecule has 0 aliphatic carbocycles. The molecule has 0 saturated carbocycles. The molecule has 0 aliphatic heterocycles. The third-order valence-electron chi connectivity index (χ3n) is 6.72. The normalized spacial score (nSPS) is 10.8. The quantitative estimate of drug-likeness (QED) is 0.0981. The molecule has 3 rings (SSSR count). The number of ether oxygens (including phenoxy) is 1. The first kappa shape index (κ1) is 38.3. The van der Waals surface area contributed by atoms with Gasteiger partial charge in [-0.15, -0.1) is 12.3 Å². The summed E-state index contributed by atoms with van der Waals surface area (Å²) in [6, 6.07) is 20.8. The van der Waals surface area contributed by atoms with Crippen molar-refractivity contribution in [1.82, 2.24) is 14.5 Å². The molecular weight excluding hydrogens is 552 g/mol. The third-order valence-corrected chi connectivity index (χ3v) is 6.72. The zero-order valence-electron chi connectivity index (χ0n) is 28.2. The predicted octanol–water partition coefficient (Wildman–Crippen LogP) is 10.8. The van der Waals surface area contributed by atoms with E-state index in [1.165, 1.54) is 5.69 Å². The number of rotatable bonds is 15. The molecule has 3 aromatic rings. The Morgan fingerprint density at radius 3 is 2.02 bits per heavy atom. The van der Waals surface area contributed by atoms with Crippen molar-refractivity contribution in [3.63, 3.8) is 0 Å². The van der Waals surface area contributed by atoms with Crippen LogP contribution in [-0.2, 0) is 17.8 Å². The summed E-state index contributed by atoms with van der Waals surface area (Å²) in [7, 11) is 0. The van der Waals surface area contributed by atoms with Gasteiger partial charge in [0.15, 0.2) is 0 Å². The van der Waals surface area contributed by atoms with Gasteiger partial charge in [-0.25, -0.2) is 4.98 Å². The monoisotopic (exact) mass is 605 g/mol. The van der Waals surface area contributed by atoms with Crippen LogP contribution in [0.4, 0.5) is 8.78 Å². The third kappa shape index (κ3) is 12.5. The van der Waals surface area contributed by atoms with Crippen molar-refractivity contribution < 1.29 is 13.5 Å². The van der Waals surface area contributed by atoms with E-state index < -0.39 is 6.61 Å². The molecule has 0 saturated heterocycles. The Bertz CT molecular complexity index is 1300. The molecule has 4 nitrogen and oxygen atoms in total. The number of allylic oxidation sites excluding steroid dienone is 2. The lowest BCUT2D eigenvalue weighted by Crippen LogP contribution is -2.27. The molecule has 0 spiro atoms. The number of benzene rings is 2. The Balaban J connectivity index is 0.00000182. The van der Waals surface area contributed by atoms with Crippen LogP contribution in [0.15, 0.2) is 83.6 Å². The Hall–Kier alpha value is -3.69. The van der Waals surface area contributed by atoms with Crippen LogP contribution in [0, 0.1) is 12.3 Å². The van der Waals surface area contributed by atoms with Crippen molar-refractivity contribution in [3.8, 4) is 35.0 Å². The summed E-state index contributed by atoms with van der Waals surface area (Å²) >= 11 is 0. The van der Waals surface area contributed by atoms with Gasteiger partial charge in [0, 0.05) is 30.8 Å². The van der Waals surface area contributed by atoms with E-state index in [2.05, 4.69) is 84.2 Å². The fourth-order valence-corrected chi connectivity index (χ4v) is 4.89. The number of aromatic nitrogens is 2. The van der Waals surface area contributed by atoms with Crippen molar-refractivity contribution >= 4 is 0 Å². The van der Waals surface area contributed by atoms with E-state index in [0.29, 0.717) is 0 Å². The van der Waals surface area contributed by atoms with Gasteiger partial charge in [-0.2, -0.15) is 8.78 Å². The van der Waals surface area contributed by atoms with Crippen molar-refractivity contribution in [2.45, 2.75) is 101 Å². The first-order chi connectivity index (χ1) is 21.3. The second-order valence-corrected chi connectivity index (χ2v) is 10.4. The summed E-state index contributed by atoms with van der Waals surface area (Å²) in [4.78, 5) is 7.67. The van der Waals surface area contributed by atoms with Crippen LogP contribution >= 0.6 is 0 Å². The first-order valence-electron chi connectivity index (χ1n) is 15.9. The smallest absolute Gasteiger partial charge is 0.387 e. The van der Waals surface area contributed by atoms with Crippen LogP contribution in [0.5, 0.6) is 0 Å². The Morgan fingerprint density at radius 2 is 1.52 bits per heavy atom. The molecule has 0 atom stereocenters. The lowest BCUT2D eigenvalue weighted by molar-refractivity contribution is -0.0942. The molecular formula is C38H53F2N3O. The van der Waals surface area contributed by atoms with Crippen molar-refractivity contribution in [1.29, 1.82) is 0 Å². The molecule has 1 heterocycles. The molecule has 0 N–H and O–H groups in total. The van der Waals surface area contributed by atoms with Gasteiger partial charge in [0.1, 0.15) is 11.6 Å². The molecule has 0 unspecified atom stereocenters. The average Bonchev–Trinajstić information content (AvgIpc) is 3.38. The molecule has 240 valence electrons. The summed E-state index contributed by atoms with van der Waals surface area (Å²) in [6.07, 6.45) is 10.5.